The first kappa shape index (κ1) is 37.6. The molecule has 1 spiro atoms. The standard InChI is InChI=1S/C40H54ClN3O7S/c1-28-6-4-15-40(48-3,27-50-21-18-43-16-19-49-20-17-43)35-11-8-32(35)24-44-25-39(14-5-7-30-22-33(41)10-12-34(30)39)26-51-37-13-9-31(23-36(37)44)38(45)42-52(46,47)29(28)2/h4,9-10,12-13,15,22-23,28-29,32,35H,5-8,11,14,16-21,24-27H2,1-3H3,(H,42,45)/b15-4-/t28-,29+,32-,35+,39-,40+/m0/s1. The van der Waals surface area contributed by atoms with Crippen LogP contribution in [0.15, 0.2) is 48.6 Å². The summed E-state index contributed by atoms with van der Waals surface area (Å²) in [7, 11) is -2.19. The molecule has 2 aromatic carbocycles. The van der Waals surface area contributed by atoms with Crippen LogP contribution in [0.25, 0.3) is 0 Å². The predicted octanol–water partition coefficient (Wildman–Crippen LogP) is 5.62. The Morgan fingerprint density at radius 2 is 1.92 bits per heavy atom. The number of anilines is 1. The first-order valence-corrected chi connectivity index (χ1v) is 20.9. The van der Waals surface area contributed by atoms with E-state index in [0.29, 0.717) is 44.1 Å². The number of nitrogens with zero attached hydrogens (tertiary/aromatic N) is 2. The SMILES string of the molecule is CO[C@@]1(COCCN2CCOCC2)/C=C\C[C@H](C)[C@@H](C)S(=O)(=O)NC(=O)c2ccc3c(c2)N(C[C@@H]2CC[C@H]21)C[C@@]1(CCCc2cc(Cl)ccc21)CO3. The lowest BCUT2D eigenvalue weighted by atomic mass is 9.64. The van der Waals surface area contributed by atoms with Crippen molar-refractivity contribution in [2.24, 2.45) is 17.8 Å². The number of hydrogen-bond donors (Lipinski definition) is 1. The second-order valence-corrected chi connectivity index (χ2v) is 18.2. The number of aryl methyl sites for hydroxylation is 1. The molecule has 12 heteroatoms. The number of hydrogen-bond acceptors (Lipinski definition) is 9. The molecule has 1 N–H and O–H groups in total. The van der Waals surface area contributed by atoms with Crippen molar-refractivity contribution in [1.29, 1.82) is 0 Å². The Balaban J connectivity index is 1.25. The lowest BCUT2D eigenvalue weighted by Gasteiger charge is -2.50. The summed E-state index contributed by atoms with van der Waals surface area (Å²) in [6, 6.07) is 11.5. The van der Waals surface area contributed by atoms with E-state index in [9.17, 15) is 13.2 Å². The monoisotopic (exact) mass is 755 g/mol. The van der Waals surface area contributed by atoms with Gasteiger partial charge in [0.25, 0.3) is 5.91 Å². The number of morpholine rings is 1. The maximum atomic E-state index is 13.6. The van der Waals surface area contributed by atoms with E-state index in [1.54, 1.807) is 20.1 Å². The summed E-state index contributed by atoms with van der Waals surface area (Å²) in [4.78, 5) is 18.4. The van der Waals surface area contributed by atoms with E-state index in [1.165, 1.54) is 11.1 Å². The number of allylic oxidation sites excluding steroid dienone is 1. The van der Waals surface area contributed by atoms with Crippen molar-refractivity contribution in [3.05, 3.63) is 70.3 Å². The van der Waals surface area contributed by atoms with E-state index >= 15 is 0 Å². The fourth-order valence-electron chi connectivity index (χ4n) is 9.04. The molecule has 1 saturated carbocycles. The highest BCUT2D eigenvalue weighted by atomic mass is 35.5. The molecule has 0 unspecified atom stereocenters. The molecule has 284 valence electrons. The summed E-state index contributed by atoms with van der Waals surface area (Å²) >= 11 is 6.48. The molecular weight excluding hydrogens is 702 g/mol. The van der Waals surface area contributed by atoms with E-state index in [-0.39, 0.29) is 23.2 Å². The molecule has 3 aliphatic heterocycles. The largest absolute Gasteiger partial charge is 0.490 e. The summed E-state index contributed by atoms with van der Waals surface area (Å²) in [6.07, 6.45) is 9.70. The number of rotatable bonds is 6. The van der Waals surface area contributed by atoms with Gasteiger partial charge >= 0.3 is 0 Å². The Morgan fingerprint density at radius 3 is 2.69 bits per heavy atom. The van der Waals surface area contributed by atoms with Crippen LogP contribution in [0.2, 0.25) is 5.02 Å². The molecule has 10 nitrogen and oxygen atoms in total. The lowest BCUT2D eigenvalue weighted by molar-refractivity contribution is -0.120. The quantitative estimate of drug-likeness (QED) is 0.297. The third-order valence-corrected chi connectivity index (χ3v) is 14.7. The van der Waals surface area contributed by atoms with Crippen molar-refractivity contribution in [3.63, 3.8) is 0 Å². The Bertz CT molecular complexity index is 1750. The van der Waals surface area contributed by atoms with Crippen LogP contribution in [-0.2, 0) is 36.1 Å². The van der Waals surface area contributed by atoms with Gasteiger partial charge in [0.05, 0.1) is 44.0 Å². The van der Waals surface area contributed by atoms with Crippen LogP contribution < -0.4 is 14.4 Å². The van der Waals surface area contributed by atoms with E-state index in [2.05, 4.69) is 38.8 Å². The summed E-state index contributed by atoms with van der Waals surface area (Å²) < 4.78 is 54.6. The Hall–Kier alpha value is -2.67. The van der Waals surface area contributed by atoms with Crippen molar-refractivity contribution in [2.45, 2.75) is 68.6 Å². The predicted molar refractivity (Wildman–Crippen MR) is 203 cm³/mol. The molecule has 0 radical (unpaired) electrons. The molecule has 5 aliphatic rings. The lowest BCUT2D eigenvalue weighted by Crippen LogP contribution is -2.55. The van der Waals surface area contributed by atoms with Gasteiger partial charge in [0.2, 0.25) is 10.0 Å². The summed E-state index contributed by atoms with van der Waals surface area (Å²) in [5.74, 6) is 0.277. The van der Waals surface area contributed by atoms with Gasteiger partial charge in [0.15, 0.2) is 0 Å². The molecule has 2 aliphatic carbocycles. The minimum Gasteiger partial charge on any atom is -0.490 e. The summed E-state index contributed by atoms with van der Waals surface area (Å²) in [5.41, 5.74) is 2.66. The molecule has 1 amide bonds. The number of amides is 1. The minimum absolute atomic E-state index is 0.175. The van der Waals surface area contributed by atoms with Crippen molar-refractivity contribution in [2.75, 3.05) is 77.8 Å². The fraction of sp³-hybridized carbons (Fsp3) is 0.625. The van der Waals surface area contributed by atoms with Crippen LogP contribution in [-0.4, -0.2) is 103 Å². The maximum Gasteiger partial charge on any atom is 0.264 e. The minimum atomic E-state index is -3.97. The normalized spacial score (nSPS) is 32.8. The summed E-state index contributed by atoms with van der Waals surface area (Å²) in [6.45, 7) is 10.6. The van der Waals surface area contributed by atoms with Crippen molar-refractivity contribution in [1.82, 2.24) is 9.62 Å². The first-order valence-electron chi connectivity index (χ1n) is 19.0. The molecule has 2 bridgehead atoms. The van der Waals surface area contributed by atoms with Crippen LogP contribution in [0.3, 0.4) is 0 Å². The molecule has 7 rings (SSSR count). The maximum absolute atomic E-state index is 13.6. The Morgan fingerprint density at radius 1 is 1.10 bits per heavy atom. The zero-order valence-electron chi connectivity index (χ0n) is 30.8. The van der Waals surface area contributed by atoms with Gasteiger partial charge in [0.1, 0.15) is 11.4 Å². The topological polar surface area (TPSA) is 107 Å². The number of carbonyl (C=O) groups is 1. The fourth-order valence-corrected chi connectivity index (χ4v) is 10.5. The van der Waals surface area contributed by atoms with Gasteiger partial charge in [-0.1, -0.05) is 36.7 Å². The Kier molecular flexibility index (Phi) is 11.3. The summed E-state index contributed by atoms with van der Waals surface area (Å²) in [5, 5.41) is -0.0611. The highest BCUT2D eigenvalue weighted by molar-refractivity contribution is 7.90. The number of sulfonamides is 1. The van der Waals surface area contributed by atoms with Gasteiger partial charge in [0, 0.05) is 55.8 Å². The number of fused-ring (bicyclic) bond motifs is 4. The first-order chi connectivity index (χ1) is 25.0. The molecular formula is C40H54ClN3O7S. The van der Waals surface area contributed by atoms with Gasteiger partial charge in [-0.3, -0.25) is 9.69 Å². The van der Waals surface area contributed by atoms with Gasteiger partial charge in [-0.2, -0.15) is 0 Å². The van der Waals surface area contributed by atoms with Crippen LogP contribution in [0, 0.1) is 17.8 Å². The zero-order valence-corrected chi connectivity index (χ0v) is 32.4. The van der Waals surface area contributed by atoms with Gasteiger partial charge in [-0.15, -0.1) is 0 Å². The van der Waals surface area contributed by atoms with Gasteiger partial charge in [-0.25, -0.2) is 13.1 Å². The van der Waals surface area contributed by atoms with Crippen LogP contribution in [0.1, 0.15) is 67.4 Å². The second kappa shape index (κ2) is 15.6. The zero-order chi connectivity index (χ0) is 36.5. The average molecular weight is 756 g/mol. The third-order valence-electron chi connectivity index (χ3n) is 12.6. The third kappa shape index (κ3) is 7.64. The Labute approximate surface area is 314 Å². The smallest absolute Gasteiger partial charge is 0.264 e. The van der Waals surface area contributed by atoms with E-state index in [4.69, 9.17) is 30.5 Å². The second-order valence-electron chi connectivity index (χ2n) is 15.7. The number of carbonyl (C=O) groups excluding carboxylic acids is 1. The molecule has 52 heavy (non-hydrogen) atoms. The van der Waals surface area contributed by atoms with Gasteiger partial charge in [-0.05, 0) is 105 Å². The van der Waals surface area contributed by atoms with Crippen molar-refractivity contribution >= 4 is 33.2 Å². The number of methoxy groups -OCH3 is 1. The van der Waals surface area contributed by atoms with Crippen LogP contribution in [0.4, 0.5) is 5.69 Å². The number of nitrogens with one attached hydrogen (secondary N) is 1. The molecule has 1 saturated heterocycles. The van der Waals surface area contributed by atoms with Gasteiger partial charge < -0.3 is 23.8 Å². The molecule has 0 aromatic heterocycles. The molecule has 2 fully saturated rings. The van der Waals surface area contributed by atoms with Crippen molar-refractivity contribution in [3.8, 4) is 5.75 Å². The van der Waals surface area contributed by atoms with E-state index in [1.807, 2.05) is 25.1 Å². The van der Waals surface area contributed by atoms with E-state index < -0.39 is 26.8 Å². The number of benzene rings is 2. The van der Waals surface area contributed by atoms with Crippen LogP contribution >= 0.6 is 11.6 Å². The number of ether oxygens (including phenoxy) is 4. The molecule has 6 atom stereocenters. The highest BCUT2D eigenvalue weighted by Crippen LogP contribution is 2.49. The molecule has 2 aromatic rings. The molecule has 3 heterocycles. The van der Waals surface area contributed by atoms with Crippen molar-refractivity contribution < 1.29 is 32.2 Å². The highest BCUT2D eigenvalue weighted by Gasteiger charge is 2.49. The van der Waals surface area contributed by atoms with Crippen LogP contribution in [0.5, 0.6) is 5.75 Å². The van der Waals surface area contributed by atoms with E-state index in [0.717, 1.165) is 82.2 Å². The number of halogens is 1. The average Bonchev–Trinajstić information content (AvgIpc) is 3.27.